The summed E-state index contributed by atoms with van der Waals surface area (Å²) in [7, 11) is 0. The first-order valence-corrected chi connectivity index (χ1v) is 23.8. The SMILES string of the molecule is Cc1ccccc1N(c1ccccc1C)c1cc2c(c3ccccc13)-c1c(cc(N(c3ccccc3C)c3ccccc3C)c3c1sc1ccccc13)C21c2ccccc2-c2ccccc21. The molecule has 0 amide bonds. The van der Waals surface area contributed by atoms with Gasteiger partial charge in [-0.2, -0.15) is 0 Å². The van der Waals surface area contributed by atoms with Gasteiger partial charge in [0.1, 0.15) is 0 Å². The van der Waals surface area contributed by atoms with E-state index in [0.29, 0.717) is 0 Å². The van der Waals surface area contributed by atoms with Crippen LogP contribution in [0.3, 0.4) is 0 Å². The van der Waals surface area contributed by atoms with E-state index in [9.17, 15) is 0 Å². The minimum atomic E-state index is -0.637. The predicted octanol–water partition coefficient (Wildman–Crippen LogP) is 17.7. The van der Waals surface area contributed by atoms with Crippen molar-refractivity contribution in [1.82, 2.24) is 0 Å². The molecule has 3 heteroatoms. The summed E-state index contributed by atoms with van der Waals surface area (Å²) in [6.45, 7) is 8.98. The summed E-state index contributed by atoms with van der Waals surface area (Å²) in [6, 6.07) is 77.4. The standard InChI is InChI=1S/C63H46N2S/c1-39-21-5-16-32-52(39)64(53-33-17-6-22-40(53)2)56-37-50-59(46-28-10-9-27-45(46)56)61-51(63(50)48-30-14-11-25-43(48)44-26-12-15-31-49(44)63)38-57(60-47-29-13-20-36-58(47)66-62(60)61)65(54-34-18-7-23-41(54)3)55-35-19-8-24-42(55)4/h5-38H,1-4H3. The molecular weight excluding hydrogens is 817 g/mol. The first-order chi connectivity index (χ1) is 32.4. The van der Waals surface area contributed by atoms with Crippen molar-refractivity contribution in [1.29, 1.82) is 0 Å². The quantitative estimate of drug-likeness (QED) is 0.164. The van der Waals surface area contributed by atoms with Gasteiger partial charge in [-0.25, -0.2) is 0 Å². The molecule has 13 rings (SSSR count). The van der Waals surface area contributed by atoms with Crippen molar-refractivity contribution in [2.75, 3.05) is 9.80 Å². The Labute approximate surface area is 390 Å². The van der Waals surface area contributed by atoms with Crippen molar-refractivity contribution < 1.29 is 0 Å². The van der Waals surface area contributed by atoms with Crippen LogP contribution in [0.4, 0.5) is 34.1 Å². The Bertz CT molecular complexity index is 3660. The largest absolute Gasteiger partial charge is 0.309 e. The lowest BCUT2D eigenvalue weighted by molar-refractivity contribution is 0.795. The van der Waals surface area contributed by atoms with Gasteiger partial charge in [0.25, 0.3) is 0 Å². The second-order valence-electron chi connectivity index (χ2n) is 18.1. The van der Waals surface area contributed by atoms with Crippen LogP contribution in [0.25, 0.3) is 53.2 Å². The molecule has 1 spiro atoms. The van der Waals surface area contributed by atoms with Crippen molar-refractivity contribution in [2.45, 2.75) is 33.1 Å². The van der Waals surface area contributed by atoms with Gasteiger partial charge in [0.05, 0.1) is 16.8 Å². The topological polar surface area (TPSA) is 6.48 Å². The highest BCUT2D eigenvalue weighted by molar-refractivity contribution is 7.26. The molecule has 1 heterocycles. The maximum Gasteiger partial charge on any atom is 0.0727 e. The van der Waals surface area contributed by atoms with Crippen LogP contribution in [0, 0.1) is 27.7 Å². The third-order valence-electron chi connectivity index (χ3n) is 14.6. The molecule has 0 unspecified atom stereocenters. The van der Waals surface area contributed by atoms with E-state index in [4.69, 9.17) is 0 Å². The van der Waals surface area contributed by atoms with Gasteiger partial charge in [-0.1, -0.05) is 164 Å². The lowest BCUT2D eigenvalue weighted by Gasteiger charge is -2.35. The fraction of sp³-hybridized carbons (Fsp3) is 0.0794. The van der Waals surface area contributed by atoms with E-state index in [1.165, 1.54) is 132 Å². The molecule has 0 saturated carbocycles. The number of thiophene rings is 1. The molecule has 0 atom stereocenters. The van der Waals surface area contributed by atoms with E-state index in [-0.39, 0.29) is 0 Å². The number of aryl methyl sites for hydroxylation is 4. The fourth-order valence-electron chi connectivity index (χ4n) is 11.7. The van der Waals surface area contributed by atoms with Crippen molar-refractivity contribution in [2.24, 2.45) is 0 Å². The van der Waals surface area contributed by atoms with Gasteiger partial charge in [0.15, 0.2) is 0 Å². The second-order valence-corrected chi connectivity index (χ2v) is 19.2. The Morgan fingerprint density at radius 3 is 1.26 bits per heavy atom. The molecule has 2 aliphatic carbocycles. The molecule has 0 fully saturated rings. The Morgan fingerprint density at radius 1 is 0.333 bits per heavy atom. The van der Waals surface area contributed by atoms with Gasteiger partial charge in [0.2, 0.25) is 0 Å². The Hall–Kier alpha value is -7.72. The first-order valence-electron chi connectivity index (χ1n) is 23.0. The van der Waals surface area contributed by atoms with E-state index < -0.39 is 5.41 Å². The molecule has 2 aliphatic rings. The van der Waals surface area contributed by atoms with Crippen LogP contribution in [0.2, 0.25) is 0 Å². The van der Waals surface area contributed by atoms with Gasteiger partial charge in [-0.15, -0.1) is 11.3 Å². The van der Waals surface area contributed by atoms with Gasteiger partial charge < -0.3 is 9.80 Å². The Morgan fingerprint density at radius 2 is 0.727 bits per heavy atom. The Kier molecular flexibility index (Phi) is 8.59. The maximum atomic E-state index is 2.61. The zero-order valence-corrected chi connectivity index (χ0v) is 38.2. The van der Waals surface area contributed by atoms with Crippen LogP contribution in [0.1, 0.15) is 44.5 Å². The number of fused-ring (bicyclic) bond motifs is 16. The average Bonchev–Trinajstić information content (AvgIpc) is 3.98. The van der Waals surface area contributed by atoms with E-state index in [0.717, 1.165) is 0 Å². The summed E-state index contributed by atoms with van der Waals surface area (Å²) in [5, 5.41) is 5.06. The van der Waals surface area contributed by atoms with Crippen LogP contribution in [0.15, 0.2) is 206 Å². The summed E-state index contributed by atoms with van der Waals surface area (Å²) in [5.41, 5.74) is 21.9. The molecule has 0 saturated heterocycles. The molecule has 0 bridgehead atoms. The molecule has 1 aromatic heterocycles. The molecule has 0 N–H and O–H groups in total. The number of rotatable bonds is 6. The van der Waals surface area contributed by atoms with Crippen LogP contribution in [-0.4, -0.2) is 0 Å². The fourth-order valence-corrected chi connectivity index (χ4v) is 13.0. The normalized spacial score (nSPS) is 13.0. The number of hydrogen-bond donors (Lipinski definition) is 0. The molecule has 0 aliphatic heterocycles. The summed E-state index contributed by atoms with van der Waals surface area (Å²) in [5.74, 6) is 0. The lowest BCUT2D eigenvalue weighted by atomic mass is 9.70. The van der Waals surface area contributed by atoms with E-state index >= 15 is 0 Å². The Balaban J connectivity index is 1.26. The molecule has 11 aromatic rings. The van der Waals surface area contributed by atoms with E-state index in [1.54, 1.807) is 0 Å². The highest BCUT2D eigenvalue weighted by atomic mass is 32.1. The number of hydrogen-bond acceptors (Lipinski definition) is 3. The van der Waals surface area contributed by atoms with Crippen molar-refractivity contribution in [3.63, 3.8) is 0 Å². The summed E-state index contributed by atoms with van der Waals surface area (Å²) < 4.78 is 2.61. The van der Waals surface area contributed by atoms with Gasteiger partial charge in [-0.3, -0.25) is 0 Å². The van der Waals surface area contributed by atoms with Gasteiger partial charge in [0, 0.05) is 53.9 Å². The van der Waals surface area contributed by atoms with E-state index in [1.807, 2.05) is 11.3 Å². The molecule has 2 nitrogen and oxygen atoms in total. The third-order valence-corrected chi connectivity index (χ3v) is 15.8. The molecule has 10 aromatic carbocycles. The molecular formula is C63H46N2S. The first kappa shape index (κ1) is 38.7. The monoisotopic (exact) mass is 862 g/mol. The smallest absolute Gasteiger partial charge is 0.0727 e. The number of para-hydroxylation sites is 4. The van der Waals surface area contributed by atoms with Crippen LogP contribution < -0.4 is 9.80 Å². The zero-order chi connectivity index (χ0) is 44.3. The van der Waals surface area contributed by atoms with Crippen molar-refractivity contribution in [3.05, 3.63) is 251 Å². The van der Waals surface area contributed by atoms with Crippen molar-refractivity contribution >= 4 is 76.4 Å². The maximum absolute atomic E-state index is 2.61. The second kappa shape index (κ2) is 14.7. The summed E-state index contributed by atoms with van der Waals surface area (Å²) in [6.07, 6.45) is 0. The predicted molar refractivity (Wildman–Crippen MR) is 281 cm³/mol. The van der Waals surface area contributed by atoms with Gasteiger partial charge >= 0.3 is 0 Å². The molecule has 66 heavy (non-hydrogen) atoms. The minimum Gasteiger partial charge on any atom is -0.309 e. The average molecular weight is 863 g/mol. The zero-order valence-electron chi connectivity index (χ0n) is 37.4. The number of nitrogens with zero attached hydrogens (tertiary/aromatic N) is 2. The van der Waals surface area contributed by atoms with Crippen LogP contribution in [-0.2, 0) is 5.41 Å². The van der Waals surface area contributed by atoms with E-state index in [2.05, 4.69) is 244 Å². The summed E-state index contributed by atoms with van der Waals surface area (Å²) >= 11 is 1.95. The molecule has 0 radical (unpaired) electrons. The summed E-state index contributed by atoms with van der Waals surface area (Å²) in [4.78, 5) is 5.10. The van der Waals surface area contributed by atoms with Gasteiger partial charge in [-0.05, 0) is 137 Å². The van der Waals surface area contributed by atoms with Crippen molar-refractivity contribution in [3.8, 4) is 22.3 Å². The minimum absolute atomic E-state index is 0.637. The molecule has 314 valence electrons. The third kappa shape index (κ3) is 5.29. The lowest BCUT2D eigenvalue weighted by Crippen LogP contribution is -2.27. The highest BCUT2D eigenvalue weighted by Gasteiger charge is 2.54. The van der Waals surface area contributed by atoms with Crippen LogP contribution in [0.5, 0.6) is 0 Å². The van der Waals surface area contributed by atoms with Crippen LogP contribution >= 0.6 is 11.3 Å². The highest BCUT2D eigenvalue weighted by Crippen LogP contribution is 2.68. The number of benzene rings is 10. The number of anilines is 6.